The molecule has 31 heavy (non-hydrogen) atoms. The number of carbonyl (C=O) groups excluding carboxylic acids is 1. The molecule has 0 atom stereocenters. The van der Waals surface area contributed by atoms with Crippen molar-refractivity contribution in [2.75, 3.05) is 17.9 Å². The Kier molecular flexibility index (Phi) is 7.20. The van der Waals surface area contributed by atoms with E-state index in [4.69, 9.17) is 16.3 Å². The van der Waals surface area contributed by atoms with E-state index >= 15 is 0 Å². The highest BCUT2D eigenvalue weighted by atomic mass is 35.5. The Morgan fingerprint density at radius 3 is 2.45 bits per heavy atom. The number of hydrogen-bond acceptors (Lipinski definition) is 4. The molecule has 0 saturated carbocycles. The molecule has 0 unspecified atom stereocenters. The van der Waals surface area contributed by atoms with Crippen LogP contribution in [0.5, 0.6) is 5.75 Å². The SMILES string of the molecule is Cc1ccc(OCCNC(=O)c2ccc(Cl)c(S(=O)(=O)Nc3ccccc3)c2)c(C)c1. The van der Waals surface area contributed by atoms with Crippen LogP contribution in [0.15, 0.2) is 71.6 Å². The molecule has 0 bridgehead atoms. The van der Waals surface area contributed by atoms with Gasteiger partial charge in [0.05, 0.1) is 11.6 Å². The van der Waals surface area contributed by atoms with E-state index in [2.05, 4.69) is 10.0 Å². The average molecular weight is 459 g/mol. The summed E-state index contributed by atoms with van der Waals surface area (Å²) < 4.78 is 33.6. The number of amides is 1. The van der Waals surface area contributed by atoms with E-state index in [1.54, 1.807) is 30.3 Å². The van der Waals surface area contributed by atoms with E-state index < -0.39 is 15.9 Å². The van der Waals surface area contributed by atoms with Crippen molar-refractivity contribution in [3.05, 3.63) is 88.4 Å². The van der Waals surface area contributed by atoms with Crippen molar-refractivity contribution in [3.63, 3.8) is 0 Å². The van der Waals surface area contributed by atoms with Gasteiger partial charge in [0.15, 0.2) is 0 Å². The first-order valence-electron chi connectivity index (χ1n) is 9.62. The van der Waals surface area contributed by atoms with Gasteiger partial charge >= 0.3 is 0 Å². The third-order valence-corrected chi connectivity index (χ3v) is 6.35. The number of para-hydroxylation sites is 1. The van der Waals surface area contributed by atoms with Gasteiger partial charge in [-0.1, -0.05) is 47.5 Å². The molecule has 0 aliphatic heterocycles. The van der Waals surface area contributed by atoms with Gasteiger partial charge in [0.2, 0.25) is 0 Å². The number of aryl methyl sites for hydroxylation is 2. The Balaban J connectivity index is 1.64. The van der Waals surface area contributed by atoms with Gasteiger partial charge in [-0.05, 0) is 55.8 Å². The van der Waals surface area contributed by atoms with Gasteiger partial charge in [-0.15, -0.1) is 0 Å². The summed E-state index contributed by atoms with van der Waals surface area (Å²) in [4.78, 5) is 12.3. The maximum absolute atomic E-state index is 12.7. The number of ether oxygens (including phenoxy) is 1. The van der Waals surface area contributed by atoms with Gasteiger partial charge < -0.3 is 10.1 Å². The largest absolute Gasteiger partial charge is 0.491 e. The minimum Gasteiger partial charge on any atom is -0.491 e. The summed E-state index contributed by atoms with van der Waals surface area (Å²) >= 11 is 6.10. The first-order valence-corrected chi connectivity index (χ1v) is 11.5. The minimum atomic E-state index is -3.96. The molecule has 0 radical (unpaired) electrons. The smallest absolute Gasteiger partial charge is 0.263 e. The van der Waals surface area contributed by atoms with E-state index in [1.807, 2.05) is 32.0 Å². The molecule has 6 nitrogen and oxygen atoms in total. The molecule has 0 aliphatic rings. The second-order valence-corrected chi connectivity index (χ2v) is 9.05. The van der Waals surface area contributed by atoms with E-state index in [-0.39, 0.29) is 28.6 Å². The van der Waals surface area contributed by atoms with E-state index in [9.17, 15) is 13.2 Å². The fraction of sp³-hybridized carbons (Fsp3) is 0.174. The molecule has 0 aliphatic carbocycles. The summed E-state index contributed by atoms with van der Waals surface area (Å²) in [6.07, 6.45) is 0. The third kappa shape index (κ3) is 5.99. The molecule has 8 heteroatoms. The number of carbonyl (C=O) groups is 1. The average Bonchev–Trinajstić information content (AvgIpc) is 2.73. The van der Waals surface area contributed by atoms with Crippen molar-refractivity contribution < 1.29 is 17.9 Å². The van der Waals surface area contributed by atoms with Gasteiger partial charge in [-0.25, -0.2) is 8.42 Å². The standard InChI is InChI=1S/C23H23ClN2O4S/c1-16-8-11-21(17(2)14-16)30-13-12-25-23(27)18-9-10-20(24)22(15-18)31(28,29)26-19-6-4-3-5-7-19/h3-11,14-15,26H,12-13H2,1-2H3,(H,25,27). The summed E-state index contributed by atoms with van der Waals surface area (Å²) in [5.74, 6) is 0.337. The second-order valence-electron chi connectivity index (χ2n) is 6.99. The van der Waals surface area contributed by atoms with Gasteiger partial charge in [0.25, 0.3) is 15.9 Å². The summed E-state index contributed by atoms with van der Waals surface area (Å²) in [6, 6.07) is 18.4. The maximum atomic E-state index is 12.7. The topological polar surface area (TPSA) is 84.5 Å². The number of halogens is 1. The van der Waals surface area contributed by atoms with Crippen LogP contribution in [0.25, 0.3) is 0 Å². The maximum Gasteiger partial charge on any atom is 0.263 e. The molecule has 2 N–H and O–H groups in total. The predicted octanol–water partition coefficient (Wildman–Crippen LogP) is 4.57. The molecule has 0 aromatic heterocycles. The van der Waals surface area contributed by atoms with Crippen LogP contribution in [0.2, 0.25) is 5.02 Å². The van der Waals surface area contributed by atoms with E-state index in [0.29, 0.717) is 5.69 Å². The normalized spacial score (nSPS) is 11.1. The Labute approximate surface area is 187 Å². The van der Waals surface area contributed by atoms with E-state index in [1.165, 1.54) is 18.2 Å². The Hall–Kier alpha value is -3.03. The van der Waals surface area contributed by atoms with Crippen molar-refractivity contribution in [1.29, 1.82) is 0 Å². The van der Waals surface area contributed by atoms with Gasteiger partial charge in [-0.2, -0.15) is 0 Å². The third-order valence-electron chi connectivity index (χ3n) is 4.48. The quantitative estimate of drug-likeness (QED) is 0.484. The van der Waals surface area contributed by atoms with E-state index in [0.717, 1.165) is 16.9 Å². The van der Waals surface area contributed by atoms with Crippen LogP contribution in [0.4, 0.5) is 5.69 Å². The Bertz CT molecular complexity index is 1180. The summed E-state index contributed by atoms with van der Waals surface area (Å²) in [5.41, 5.74) is 2.75. The number of rotatable bonds is 8. The van der Waals surface area contributed by atoms with Crippen molar-refractivity contribution in [2.45, 2.75) is 18.7 Å². The first kappa shape index (κ1) is 22.7. The predicted molar refractivity (Wildman–Crippen MR) is 122 cm³/mol. The molecule has 1 amide bonds. The van der Waals surface area contributed by atoms with Crippen molar-refractivity contribution in [3.8, 4) is 5.75 Å². The second kappa shape index (κ2) is 9.85. The molecule has 0 heterocycles. The lowest BCUT2D eigenvalue weighted by Crippen LogP contribution is -2.28. The molecule has 3 aromatic carbocycles. The zero-order valence-corrected chi connectivity index (χ0v) is 18.8. The molecule has 162 valence electrons. The van der Waals surface area contributed by atoms with Crippen molar-refractivity contribution in [2.24, 2.45) is 0 Å². The van der Waals surface area contributed by atoms with Crippen LogP contribution in [-0.4, -0.2) is 27.5 Å². The fourth-order valence-electron chi connectivity index (χ4n) is 2.96. The van der Waals surface area contributed by atoms with Crippen LogP contribution in [0, 0.1) is 13.8 Å². The molecule has 0 fully saturated rings. The molecular weight excluding hydrogens is 436 g/mol. The molecule has 3 rings (SSSR count). The minimum absolute atomic E-state index is 0.0261. The van der Waals surface area contributed by atoms with Gasteiger partial charge in [-0.3, -0.25) is 9.52 Å². The lowest BCUT2D eigenvalue weighted by molar-refractivity contribution is 0.0946. The highest BCUT2D eigenvalue weighted by molar-refractivity contribution is 7.92. The zero-order chi connectivity index (χ0) is 22.4. The highest BCUT2D eigenvalue weighted by Crippen LogP contribution is 2.25. The Morgan fingerprint density at radius 2 is 1.74 bits per heavy atom. The number of benzene rings is 3. The molecule has 0 saturated heterocycles. The molecular formula is C23H23ClN2O4S. The summed E-state index contributed by atoms with van der Waals surface area (Å²) in [7, 11) is -3.96. The number of hydrogen-bond donors (Lipinski definition) is 2. The lowest BCUT2D eigenvalue weighted by atomic mass is 10.1. The Morgan fingerprint density at radius 1 is 1.00 bits per heavy atom. The van der Waals surface area contributed by atoms with Crippen LogP contribution in [0.1, 0.15) is 21.5 Å². The number of anilines is 1. The number of sulfonamides is 1. The summed E-state index contributed by atoms with van der Waals surface area (Å²) in [6.45, 7) is 4.51. The molecule has 3 aromatic rings. The lowest BCUT2D eigenvalue weighted by Gasteiger charge is -2.12. The monoisotopic (exact) mass is 458 g/mol. The number of nitrogens with one attached hydrogen (secondary N) is 2. The van der Waals surface area contributed by atoms with Crippen LogP contribution >= 0.6 is 11.6 Å². The van der Waals surface area contributed by atoms with Crippen LogP contribution < -0.4 is 14.8 Å². The van der Waals surface area contributed by atoms with Crippen molar-refractivity contribution >= 4 is 33.2 Å². The van der Waals surface area contributed by atoms with Crippen molar-refractivity contribution in [1.82, 2.24) is 5.32 Å². The fourth-order valence-corrected chi connectivity index (χ4v) is 4.54. The van der Waals surface area contributed by atoms with Crippen LogP contribution in [-0.2, 0) is 10.0 Å². The molecule has 0 spiro atoms. The zero-order valence-electron chi connectivity index (χ0n) is 17.2. The van der Waals surface area contributed by atoms with Crippen LogP contribution in [0.3, 0.4) is 0 Å². The van der Waals surface area contributed by atoms with Gasteiger partial charge in [0, 0.05) is 11.3 Å². The summed E-state index contributed by atoms with van der Waals surface area (Å²) in [5, 5.41) is 2.75. The highest BCUT2D eigenvalue weighted by Gasteiger charge is 2.20. The van der Waals surface area contributed by atoms with Gasteiger partial charge in [0.1, 0.15) is 17.3 Å². The first-order chi connectivity index (χ1) is 14.8.